The van der Waals surface area contributed by atoms with E-state index >= 15 is 0 Å². The summed E-state index contributed by atoms with van der Waals surface area (Å²) < 4.78 is 79.3. The molecule has 0 spiro atoms. The summed E-state index contributed by atoms with van der Waals surface area (Å²) in [5.41, 5.74) is 11.6. The smallest absolute Gasteiger partial charge is 0.229 e. The molecule has 17 rings (SSSR count). The van der Waals surface area contributed by atoms with E-state index in [1.165, 1.54) is 68.9 Å². The Labute approximate surface area is 834 Å². The standard InChI is InChI=1S/C32H44N7O2P.C25H29ClN5O2P.C24H23ClN5O3P.C21H25ClN5O2P/c1-37-17-19-39(20-18-37)24-13-15-38(16-14-24)25-11-12-27(29(21-25)41-2)35-32-33-22-26(23-9-10-23)31(36-32)34-28-7-5-6-8-30(28)42(3,4)40;1-31-13-11-17(12-14-31)18-9-10-20(22(15-18)33-2)29-25-27-16-19(26)24(30-25)28-21-7-5-6-8-23(21)34(3,4)32;1-32-21-13-16(33-17-7-6-12-26-14-17)10-11-19(21)29-24-27-15-18(25)23(30-24)28-20-8-4-5-9-22(20)34(2,3)31;1-27(2)14-10-11-16(18(12-14)29-3)25-21-23-13-15(22)20(26-21)24-17-8-6-7-9-19(17)30(4,5)28/h5-8,11-12,21-24H,9-10,13-20H2,1-4H3,(H2,33,34,35,36);5-11,15-16H,12-14H2,1-4H3,(H2,27,28,29,30);4-15H,1-3H3,(H2,27,28,29,30);6-13H,1-5H3,(H2,23,24,25,26). The fraction of sp³-hybridized carbons (Fsp3) is 0.304. The number of nitrogens with one attached hydrogen (secondary N) is 8. The maximum atomic E-state index is 13.0. The maximum absolute atomic E-state index is 13.0. The summed E-state index contributed by atoms with van der Waals surface area (Å²) in [5, 5.41) is 30.1. The van der Waals surface area contributed by atoms with Crippen LogP contribution in [0, 0.1) is 0 Å². The third-order valence-corrected chi connectivity index (χ3v) is 30.8. The first kappa shape index (κ1) is 103. The highest BCUT2D eigenvalue weighted by molar-refractivity contribution is 7.71. The van der Waals surface area contributed by atoms with Gasteiger partial charge in [-0.15, -0.1) is 0 Å². The van der Waals surface area contributed by atoms with Crippen LogP contribution in [0.15, 0.2) is 225 Å². The van der Waals surface area contributed by atoms with Crippen molar-refractivity contribution in [2.75, 3.05) is 215 Å². The highest BCUT2D eigenvalue weighted by Gasteiger charge is 2.32. The zero-order valence-electron chi connectivity index (χ0n) is 81.6. The van der Waals surface area contributed by atoms with Gasteiger partial charge in [-0.3, -0.25) is 9.88 Å². The number of likely N-dealkylation sites (N-methyl/N-ethyl adjacent to an activating group) is 2. The van der Waals surface area contributed by atoms with Gasteiger partial charge < -0.3 is 104 Å². The Morgan fingerprint density at radius 2 is 0.793 bits per heavy atom. The third kappa shape index (κ3) is 27.9. The van der Waals surface area contributed by atoms with Crippen LogP contribution in [0.2, 0.25) is 15.1 Å². The molecule has 1 aliphatic carbocycles. The van der Waals surface area contributed by atoms with E-state index < -0.39 is 28.6 Å². The molecule has 5 aromatic heterocycles. The van der Waals surface area contributed by atoms with Gasteiger partial charge in [0.05, 0.1) is 98.7 Å². The van der Waals surface area contributed by atoms with Gasteiger partial charge in [-0.2, -0.15) is 19.9 Å². The molecule has 31 nitrogen and oxygen atoms in total. The minimum Gasteiger partial charge on any atom is -0.495 e. The minimum absolute atomic E-state index is 0.305. The second-order valence-corrected chi connectivity index (χ2v) is 49.9. The van der Waals surface area contributed by atoms with E-state index in [0.717, 1.165) is 112 Å². The number of methoxy groups -OCH3 is 4. The SMILES string of the molecule is COc1cc(C2=CCN(C)CC2)ccc1Nc1ncc(Cl)c(Nc2ccccc2P(C)(C)=O)n1.COc1cc(N(C)C)ccc1Nc1ncc(Cl)c(Nc2ccccc2P(C)(C)=O)n1.COc1cc(N2CCC(N3CCN(C)CC3)CC2)ccc1Nc1ncc(C2CC2)c(Nc2ccccc2P(C)(C)=O)n1.COc1cc(Oc2cccnc2)ccc1Nc1ncc(Cl)c(Nc2ccccc2P(C)(C)=O)n1. The molecule has 1 saturated carbocycles. The summed E-state index contributed by atoms with van der Waals surface area (Å²) in [7, 11) is 4.84. The number of rotatable bonds is 31. The summed E-state index contributed by atoms with van der Waals surface area (Å²) in [6.07, 6.45) is 17.7. The first-order valence-electron chi connectivity index (χ1n) is 45.8. The average molecular weight is 2030 g/mol. The first-order valence-corrected chi connectivity index (χ1v) is 57.3. The van der Waals surface area contributed by atoms with E-state index in [1.807, 2.05) is 159 Å². The van der Waals surface area contributed by atoms with Crippen LogP contribution in [0.5, 0.6) is 34.5 Å². The van der Waals surface area contributed by atoms with Crippen molar-refractivity contribution in [3.63, 3.8) is 0 Å². The van der Waals surface area contributed by atoms with Crippen LogP contribution in [-0.4, -0.2) is 228 Å². The van der Waals surface area contributed by atoms with Crippen LogP contribution in [0.3, 0.4) is 0 Å². The first-order chi connectivity index (χ1) is 67.0. The van der Waals surface area contributed by atoms with Crippen LogP contribution in [-0.2, 0) is 18.3 Å². The molecule has 0 radical (unpaired) electrons. The molecule has 4 aliphatic rings. The summed E-state index contributed by atoms with van der Waals surface area (Å²) in [5.74, 6) is 7.84. The molecule has 13 aromatic rings. The van der Waals surface area contributed by atoms with E-state index in [9.17, 15) is 18.3 Å². The highest BCUT2D eigenvalue weighted by Crippen LogP contribution is 2.48. The number of hydrogen-bond acceptors (Lipinski definition) is 31. The molecule has 2 saturated heterocycles. The molecule has 3 fully saturated rings. The quantitative estimate of drug-likeness (QED) is 0.0187. The number of halogens is 3. The summed E-state index contributed by atoms with van der Waals surface area (Å²) >= 11 is 19.0. The lowest BCUT2D eigenvalue weighted by Crippen LogP contribution is -2.52. The van der Waals surface area contributed by atoms with Gasteiger partial charge in [0.15, 0.2) is 17.5 Å². The molecular formula is C102H121Cl3N22O9P4. The van der Waals surface area contributed by atoms with E-state index in [2.05, 4.69) is 146 Å². The van der Waals surface area contributed by atoms with Crippen molar-refractivity contribution in [1.82, 2.24) is 59.6 Å². The van der Waals surface area contributed by atoms with E-state index in [1.54, 1.807) is 118 Å². The number of para-hydroxylation sites is 4. The van der Waals surface area contributed by atoms with Crippen molar-refractivity contribution in [3.8, 4) is 34.5 Å². The number of aromatic nitrogens is 9. The Balaban J connectivity index is 0.000000150. The molecule has 0 bridgehead atoms. The normalized spacial score (nSPS) is 14.3. The van der Waals surface area contributed by atoms with Crippen LogP contribution >= 0.6 is 63.4 Å². The Kier molecular flexibility index (Phi) is 34.6. The van der Waals surface area contributed by atoms with Gasteiger partial charge in [-0.1, -0.05) is 95.5 Å². The Morgan fingerprint density at radius 1 is 0.386 bits per heavy atom. The minimum atomic E-state index is -2.51. The van der Waals surface area contributed by atoms with E-state index in [-0.39, 0.29) is 0 Å². The van der Waals surface area contributed by atoms with Crippen molar-refractivity contribution in [1.29, 1.82) is 0 Å². The number of pyridine rings is 1. The Hall–Kier alpha value is -12.4. The van der Waals surface area contributed by atoms with Gasteiger partial charge in [0.25, 0.3) is 0 Å². The topological polar surface area (TPSA) is 343 Å². The highest BCUT2D eigenvalue weighted by atomic mass is 35.5. The lowest BCUT2D eigenvalue weighted by molar-refractivity contribution is 0.0982. The number of benzene rings is 8. The van der Waals surface area contributed by atoms with Gasteiger partial charge in [-0.25, -0.2) is 19.9 Å². The summed E-state index contributed by atoms with van der Waals surface area (Å²) in [6, 6.07) is 57.9. The number of piperidine rings is 1. The van der Waals surface area contributed by atoms with Gasteiger partial charge in [0.2, 0.25) is 23.8 Å². The van der Waals surface area contributed by atoms with Crippen molar-refractivity contribution >= 4 is 194 Å². The molecule has 0 amide bonds. The molecule has 140 heavy (non-hydrogen) atoms. The van der Waals surface area contributed by atoms with Crippen LogP contribution in [0.25, 0.3) is 5.57 Å². The molecular weight excluding hydrogens is 1910 g/mol. The van der Waals surface area contributed by atoms with Gasteiger partial charge in [0.1, 0.15) is 84.0 Å². The largest absolute Gasteiger partial charge is 0.495 e. The zero-order chi connectivity index (χ0) is 99.6. The summed E-state index contributed by atoms with van der Waals surface area (Å²) in [6.45, 7) is 22.8. The van der Waals surface area contributed by atoms with Crippen LogP contribution in [0.4, 0.5) is 104 Å². The number of ether oxygens (including phenoxy) is 5. The van der Waals surface area contributed by atoms with Crippen LogP contribution in [0.1, 0.15) is 49.1 Å². The lowest BCUT2D eigenvalue weighted by atomic mass is 9.99. The van der Waals surface area contributed by atoms with Gasteiger partial charge in [0, 0.05) is 141 Å². The number of hydrogen-bond donors (Lipinski definition) is 8. The second-order valence-electron chi connectivity index (χ2n) is 35.9. The maximum Gasteiger partial charge on any atom is 0.229 e. The molecule has 0 unspecified atom stereocenters. The molecule has 38 heteroatoms. The predicted molar refractivity (Wildman–Crippen MR) is 579 cm³/mol. The van der Waals surface area contributed by atoms with Crippen molar-refractivity contribution in [2.24, 2.45) is 0 Å². The summed E-state index contributed by atoms with van der Waals surface area (Å²) in [4.78, 5) is 51.9. The number of nitrogens with zero attached hydrogens (tertiary/aromatic N) is 14. The number of piperazine rings is 1. The van der Waals surface area contributed by atoms with E-state index in [4.69, 9.17) is 63.5 Å². The average Bonchev–Trinajstić information content (AvgIpc) is 1.59. The lowest BCUT2D eigenvalue weighted by Gasteiger charge is -2.42. The van der Waals surface area contributed by atoms with Gasteiger partial charge >= 0.3 is 0 Å². The third-order valence-electron chi connectivity index (χ3n) is 23.8. The van der Waals surface area contributed by atoms with Crippen molar-refractivity contribution in [2.45, 2.75) is 44.1 Å². The van der Waals surface area contributed by atoms with Crippen molar-refractivity contribution < 1.29 is 41.9 Å². The molecule has 3 aliphatic heterocycles. The molecule has 8 N–H and O–H groups in total. The molecule has 0 atom stereocenters. The molecule has 8 aromatic carbocycles. The van der Waals surface area contributed by atoms with E-state index in [0.29, 0.717) is 125 Å². The Morgan fingerprint density at radius 3 is 1.21 bits per heavy atom. The molecule has 734 valence electrons. The van der Waals surface area contributed by atoms with Crippen LogP contribution < -0.4 is 97.2 Å². The van der Waals surface area contributed by atoms with Gasteiger partial charge in [-0.05, 0) is 226 Å². The second kappa shape index (κ2) is 46.8. The fourth-order valence-electron chi connectivity index (χ4n) is 16.1. The Bertz CT molecular complexity index is 6760. The fourth-order valence-corrected chi connectivity index (χ4v) is 21.1. The zero-order valence-corrected chi connectivity index (χ0v) is 87.4. The monoisotopic (exact) mass is 2030 g/mol. The predicted octanol–water partition coefficient (Wildman–Crippen LogP) is 21.9. The number of anilines is 18. The molecule has 8 heterocycles. The van der Waals surface area contributed by atoms with Crippen molar-refractivity contribution in [3.05, 3.63) is 251 Å².